The molecule has 2 aromatic rings. The number of nitriles is 1. The molecule has 0 amide bonds. The van der Waals surface area contributed by atoms with Crippen LogP contribution in [0.4, 0.5) is 4.39 Å². The van der Waals surface area contributed by atoms with Gasteiger partial charge in [0.1, 0.15) is 28.1 Å². The van der Waals surface area contributed by atoms with Crippen molar-refractivity contribution in [2.45, 2.75) is 9.79 Å². The summed E-state index contributed by atoms with van der Waals surface area (Å²) >= 11 is 0. The Bertz CT molecular complexity index is 794. The van der Waals surface area contributed by atoms with Crippen LogP contribution in [0.5, 0.6) is 5.75 Å². The molecule has 0 spiro atoms. The van der Waals surface area contributed by atoms with Gasteiger partial charge in [-0.3, -0.25) is 0 Å². The second-order valence-electron chi connectivity index (χ2n) is 3.88. The van der Waals surface area contributed by atoms with Gasteiger partial charge in [0, 0.05) is 0 Å². The Morgan fingerprint density at radius 1 is 1.10 bits per heavy atom. The number of ether oxygens (including phenoxy) is 1. The average molecular weight is 291 g/mol. The van der Waals surface area contributed by atoms with Gasteiger partial charge in [0.25, 0.3) is 0 Å². The minimum Gasteiger partial charge on any atom is -0.495 e. The monoisotopic (exact) mass is 291 g/mol. The lowest BCUT2D eigenvalue weighted by atomic mass is 10.2. The van der Waals surface area contributed by atoms with E-state index in [0.717, 1.165) is 6.07 Å². The highest BCUT2D eigenvalue weighted by molar-refractivity contribution is 7.91. The zero-order chi connectivity index (χ0) is 14.8. The van der Waals surface area contributed by atoms with Crippen LogP contribution < -0.4 is 4.74 Å². The van der Waals surface area contributed by atoms with Gasteiger partial charge >= 0.3 is 0 Å². The Morgan fingerprint density at radius 2 is 1.75 bits per heavy atom. The fraction of sp³-hybridized carbons (Fsp3) is 0.0714. The van der Waals surface area contributed by atoms with E-state index in [1.165, 1.54) is 37.4 Å². The maximum absolute atomic E-state index is 13.6. The zero-order valence-corrected chi connectivity index (χ0v) is 11.3. The van der Waals surface area contributed by atoms with E-state index in [-0.39, 0.29) is 15.5 Å². The average Bonchev–Trinajstić information content (AvgIpc) is 2.46. The molecule has 0 aliphatic heterocycles. The van der Waals surface area contributed by atoms with Crippen LogP contribution in [-0.4, -0.2) is 15.5 Å². The van der Waals surface area contributed by atoms with E-state index in [4.69, 9.17) is 10.00 Å². The molecule has 0 aliphatic rings. The minimum absolute atomic E-state index is 0.107. The van der Waals surface area contributed by atoms with E-state index >= 15 is 0 Å². The Labute approximate surface area is 116 Å². The van der Waals surface area contributed by atoms with Gasteiger partial charge < -0.3 is 4.74 Å². The van der Waals surface area contributed by atoms with Crippen molar-refractivity contribution in [1.82, 2.24) is 0 Å². The maximum Gasteiger partial charge on any atom is 0.211 e. The summed E-state index contributed by atoms with van der Waals surface area (Å²) in [5.74, 6) is -0.732. The van der Waals surface area contributed by atoms with E-state index in [9.17, 15) is 12.8 Å². The summed E-state index contributed by atoms with van der Waals surface area (Å²) in [4.78, 5) is -0.478. The molecule has 0 heterocycles. The van der Waals surface area contributed by atoms with Crippen molar-refractivity contribution in [1.29, 1.82) is 5.26 Å². The molecule has 0 unspecified atom stereocenters. The number of benzene rings is 2. The normalized spacial score (nSPS) is 10.8. The van der Waals surface area contributed by atoms with Gasteiger partial charge in [-0.1, -0.05) is 18.2 Å². The molecule has 0 N–H and O–H groups in total. The highest BCUT2D eigenvalue weighted by atomic mass is 32.2. The zero-order valence-electron chi connectivity index (χ0n) is 10.5. The molecule has 0 radical (unpaired) electrons. The summed E-state index contributed by atoms with van der Waals surface area (Å²) in [5, 5.41) is 8.95. The van der Waals surface area contributed by atoms with Crippen LogP contribution in [0.3, 0.4) is 0 Å². The van der Waals surface area contributed by atoms with Crippen LogP contribution in [0.25, 0.3) is 0 Å². The molecule has 20 heavy (non-hydrogen) atoms. The van der Waals surface area contributed by atoms with Gasteiger partial charge in [-0.15, -0.1) is 0 Å². The third-order valence-electron chi connectivity index (χ3n) is 2.74. The van der Waals surface area contributed by atoms with Gasteiger partial charge in [0.2, 0.25) is 9.84 Å². The Kier molecular flexibility index (Phi) is 3.72. The molecular weight excluding hydrogens is 281 g/mol. The van der Waals surface area contributed by atoms with Crippen molar-refractivity contribution >= 4 is 9.84 Å². The van der Waals surface area contributed by atoms with Crippen LogP contribution in [0, 0.1) is 17.1 Å². The molecule has 0 atom stereocenters. The molecule has 2 rings (SSSR count). The first-order valence-corrected chi connectivity index (χ1v) is 7.07. The fourth-order valence-corrected chi connectivity index (χ4v) is 3.38. The summed E-state index contributed by atoms with van der Waals surface area (Å²) in [6, 6.07) is 11.0. The highest BCUT2D eigenvalue weighted by Gasteiger charge is 2.26. The second kappa shape index (κ2) is 5.31. The third-order valence-corrected chi connectivity index (χ3v) is 4.57. The van der Waals surface area contributed by atoms with Crippen LogP contribution in [0.15, 0.2) is 52.3 Å². The Balaban J connectivity index is 2.75. The van der Waals surface area contributed by atoms with Crippen LogP contribution in [0.2, 0.25) is 0 Å². The molecular formula is C14H10FNO3S. The molecule has 102 valence electrons. The molecule has 2 aromatic carbocycles. The van der Waals surface area contributed by atoms with Crippen molar-refractivity contribution in [3.8, 4) is 11.8 Å². The lowest BCUT2D eigenvalue weighted by molar-refractivity contribution is 0.402. The molecule has 0 aromatic heterocycles. The topological polar surface area (TPSA) is 67.2 Å². The van der Waals surface area contributed by atoms with Gasteiger partial charge in [0.15, 0.2) is 0 Å². The molecule has 0 bridgehead atoms. The summed E-state index contributed by atoms with van der Waals surface area (Å²) in [6.45, 7) is 0. The molecule has 4 nitrogen and oxygen atoms in total. The second-order valence-corrected chi connectivity index (χ2v) is 5.77. The number of sulfone groups is 1. The first kappa shape index (κ1) is 14.0. The molecule has 0 saturated heterocycles. The fourth-order valence-electron chi connectivity index (χ4n) is 1.80. The number of para-hydroxylation sites is 1. The predicted octanol–water partition coefficient (Wildman–Crippen LogP) is 2.54. The maximum atomic E-state index is 13.6. The largest absolute Gasteiger partial charge is 0.495 e. The molecule has 6 heteroatoms. The van der Waals surface area contributed by atoms with Crippen LogP contribution in [0.1, 0.15) is 5.56 Å². The smallest absolute Gasteiger partial charge is 0.211 e. The van der Waals surface area contributed by atoms with Gasteiger partial charge in [-0.05, 0) is 24.3 Å². The standard InChI is InChI=1S/C14H10FNO3S/c1-19-12-6-2-3-7-14(12)20(17,18)13-8-4-5-11(15)10(13)9-16/h2-8H,1H3. The van der Waals surface area contributed by atoms with E-state index < -0.39 is 21.2 Å². The number of rotatable bonds is 3. The molecule has 0 saturated carbocycles. The van der Waals surface area contributed by atoms with Crippen LogP contribution >= 0.6 is 0 Å². The quantitative estimate of drug-likeness (QED) is 0.871. The molecule has 0 aliphatic carbocycles. The summed E-state index contributed by atoms with van der Waals surface area (Å²) < 4.78 is 43.7. The Morgan fingerprint density at radius 3 is 2.40 bits per heavy atom. The van der Waals surface area contributed by atoms with Crippen molar-refractivity contribution in [3.05, 3.63) is 53.8 Å². The van der Waals surface area contributed by atoms with Crippen molar-refractivity contribution in [3.63, 3.8) is 0 Å². The number of halogens is 1. The number of nitrogens with zero attached hydrogens (tertiary/aromatic N) is 1. The van der Waals surface area contributed by atoms with Gasteiger partial charge in [-0.25, -0.2) is 12.8 Å². The number of methoxy groups -OCH3 is 1. The summed E-state index contributed by atoms with van der Waals surface area (Å²) in [7, 11) is -2.70. The van der Waals surface area contributed by atoms with Gasteiger partial charge in [-0.2, -0.15) is 5.26 Å². The van der Waals surface area contributed by atoms with Crippen molar-refractivity contribution in [2.75, 3.05) is 7.11 Å². The molecule has 0 fully saturated rings. The van der Waals surface area contributed by atoms with E-state index in [1.807, 2.05) is 0 Å². The van der Waals surface area contributed by atoms with E-state index in [0.29, 0.717) is 0 Å². The van der Waals surface area contributed by atoms with E-state index in [2.05, 4.69) is 0 Å². The minimum atomic E-state index is -4.03. The first-order valence-electron chi connectivity index (χ1n) is 5.59. The number of hydrogen-bond donors (Lipinski definition) is 0. The lowest BCUT2D eigenvalue weighted by Gasteiger charge is -2.10. The number of hydrogen-bond acceptors (Lipinski definition) is 4. The SMILES string of the molecule is COc1ccccc1S(=O)(=O)c1cccc(F)c1C#N. The van der Waals surface area contributed by atoms with E-state index in [1.54, 1.807) is 12.1 Å². The van der Waals surface area contributed by atoms with Crippen LogP contribution in [-0.2, 0) is 9.84 Å². The highest BCUT2D eigenvalue weighted by Crippen LogP contribution is 2.31. The van der Waals surface area contributed by atoms with Gasteiger partial charge in [0.05, 0.1) is 12.0 Å². The predicted molar refractivity (Wildman–Crippen MR) is 69.6 cm³/mol. The summed E-state index contributed by atoms with van der Waals surface area (Å²) in [6.07, 6.45) is 0. The van der Waals surface area contributed by atoms with Crippen molar-refractivity contribution < 1.29 is 17.5 Å². The lowest BCUT2D eigenvalue weighted by Crippen LogP contribution is -2.07. The third kappa shape index (κ3) is 2.24. The Hall–Kier alpha value is -2.39. The first-order chi connectivity index (χ1) is 9.52. The van der Waals surface area contributed by atoms with Crippen molar-refractivity contribution in [2.24, 2.45) is 0 Å². The summed E-state index contributed by atoms with van der Waals surface area (Å²) in [5.41, 5.74) is -0.501.